The lowest BCUT2D eigenvalue weighted by molar-refractivity contribution is 0.117. The number of nitrogens with one attached hydrogen (secondary N) is 1. The fraction of sp³-hybridized carbons (Fsp3) is 0.647. The van der Waals surface area contributed by atoms with Crippen LogP contribution in [0.1, 0.15) is 45.7 Å². The third-order valence-corrected chi connectivity index (χ3v) is 4.40. The summed E-state index contributed by atoms with van der Waals surface area (Å²) in [4.78, 5) is 2.53. The Labute approximate surface area is 119 Å². The first-order valence-corrected chi connectivity index (χ1v) is 7.47. The molecule has 3 unspecified atom stereocenters. The Morgan fingerprint density at radius 3 is 2.11 bits per heavy atom. The molecule has 0 heterocycles. The molecule has 3 atom stereocenters. The molecule has 0 amide bonds. The maximum absolute atomic E-state index is 3.50. The minimum Gasteiger partial charge on any atom is -0.312 e. The molecule has 2 heteroatoms. The highest BCUT2D eigenvalue weighted by molar-refractivity contribution is 5.20. The standard InChI is InChI=1S/C17H30N2/c1-7-16(19(6)14(4)13(2)3)17(18-5)15-11-9-8-10-12-15/h8-14,16-18H,7H2,1-6H3. The van der Waals surface area contributed by atoms with E-state index in [0.29, 0.717) is 24.0 Å². The summed E-state index contributed by atoms with van der Waals surface area (Å²) >= 11 is 0. The normalized spacial score (nSPS) is 16.6. The van der Waals surface area contributed by atoms with Gasteiger partial charge in [-0.15, -0.1) is 0 Å². The third-order valence-electron chi connectivity index (χ3n) is 4.40. The van der Waals surface area contributed by atoms with Gasteiger partial charge in [0, 0.05) is 18.1 Å². The molecule has 0 aliphatic rings. The molecule has 1 N–H and O–H groups in total. The molecule has 0 saturated heterocycles. The van der Waals surface area contributed by atoms with Gasteiger partial charge in [0.2, 0.25) is 0 Å². The molecule has 0 saturated carbocycles. The van der Waals surface area contributed by atoms with Gasteiger partial charge in [-0.2, -0.15) is 0 Å². The van der Waals surface area contributed by atoms with Crippen molar-refractivity contribution in [3.8, 4) is 0 Å². The van der Waals surface area contributed by atoms with Gasteiger partial charge >= 0.3 is 0 Å². The first kappa shape index (κ1) is 16.2. The Balaban J connectivity index is 2.93. The van der Waals surface area contributed by atoms with E-state index in [0.717, 1.165) is 6.42 Å². The second-order valence-corrected chi connectivity index (χ2v) is 5.80. The number of nitrogens with zero attached hydrogens (tertiary/aromatic N) is 1. The molecule has 1 rings (SSSR count). The maximum atomic E-state index is 3.50. The van der Waals surface area contributed by atoms with Crippen molar-refractivity contribution >= 4 is 0 Å². The first-order valence-electron chi connectivity index (χ1n) is 7.47. The number of hydrogen-bond acceptors (Lipinski definition) is 2. The van der Waals surface area contributed by atoms with Crippen molar-refractivity contribution in [2.24, 2.45) is 5.92 Å². The van der Waals surface area contributed by atoms with Crippen LogP contribution in [0.5, 0.6) is 0 Å². The number of likely N-dealkylation sites (N-methyl/N-ethyl adjacent to an activating group) is 2. The van der Waals surface area contributed by atoms with E-state index in [4.69, 9.17) is 0 Å². The van der Waals surface area contributed by atoms with Gasteiger partial charge in [-0.25, -0.2) is 0 Å². The lowest BCUT2D eigenvalue weighted by Gasteiger charge is -2.39. The Kier molecular flexibility index (Phi) is 6.53. The van der Waals surface area contributed by atoms with Crippen LogP contribution in [-0.2, 0) is 0 Å². The van der Waals surface area contributed by atoms with Gasteiger partial charge in [-0.3, -0.25) is 4.90 Å². The second kappa shape index (κ2) is 7.66. The van der Waals surface area contributed by atoms with Crippen molar-refractivity contribution in [1.82, 2.24) is 10.2 Å². The van der Waals surface area contributed by atoms with E-state index in [1.807, 2.05) is 0 Å². The van der Waals surface area contributed by atoms with Crippen LogP contribution >= 0.6 is 0 Å². The Morgan fingerprint density at radius 2 is 1.68 bits per heavy atom. The van der Waals surface area contributed by atoms with Crippen molar-refractivity contribution in [2.45, 2.75) is 52.2 Å². The molecular weight excluding hydrogens is 232 g/mol. The summed E-state index contributed by atoms with van der Waals surface area (Å²) < 4.78 is 0. The number of hydrogen-bond donors (Lipinski definition) is 1. The fourth-order valence-corrected chi connectivity index (χ4v) is 2.77. The Bertz CT molecular complexity index is 348. The highest BCUT2D eigenvalue weighted by Gasteiger charge is 2.27. The van der Waals surface area contributed by atoms with Crippen LogP contribution < -0.4 is 5.32 Å². The van der Waals surface area contributed by atoms with Crippen molar-refractivity contribution in [2.75, 3.05) is 14.1 Å². The first-order chi connectivity index (χ1) is 9.02. The van der Waals surface area contributed by atoms with E-state index < -0.39 is 0 Å². The van der Waals surface area contributed by atoms with Gasteiger partial charge in [-0.1, -0.05) is 51.1 Å². The van der Waals surface area contributed by atoms with Gasteiger partial charge in [0.05, 0.1) is 0 Å². The summed E-state index contributed by atoms with van der Waals surface area (Å²) in [5, 5.41) is 3.50. The van der Waals surface area contributed by atoms with Crippen LogP contribution in [0.2, 0.25) is 0 Å². The predicted molar refractivity (Wildman–Crippen MR) is 84.4 cm³/mol. The Morgan fingerprint density at radius 1 is 1.11 bits per heavy atom. The number of rotatable bonds is 7. The van der Waals surface area contributed by atoms with Gasteiger partial charge in [-0.05, 0) is 38.9 Å². The molecule has 1 aromatic rings. The molecule has 0 aliphatic heterocycles. The summed E-state index contributed by atoms with van der Waals surface area (Å²) in [6.45, 7) is 9.20. The van der Waals surface area contributed by atoms with Gasteiger partial charge in [0.25, 0.3) is 0 Å². The molecule has 108 valence electrons. The summed E-state index contributed by atoms with van der Waals surface area (Å²) in [6, 6.07) is 12.3. The summed E-state index contributed by atoms with van der Waals surface area (Å²) in [7, 11) is 4.32. The van der Waals surface area contributed by atoms with Gasteiger partial charge in [0.1, 0.15) is 0 Å². The summed E-state index contributed by atoms with van der Waals surface area (Å²) in [5.74, 6) is 0.673. The van der Waals surface area contributed by atoms with Crippen molar-refractivity contribution in [3.05, 3.63) is 35.9 Å². The van der Waals surface area contributed by atoms with Crippen molar-refractivity contribution < 1.29 is 0 Å². The molecule has 0 aliphatic carbocycles. The zero-order valence-electron chi connectivity index (χ0n) is 13.4. The lowest BCUT2D eigenvalue weighted by Crippen LogP contribution is -2.47. The smallest absolute Gasteiger partial charge is 0.0475 e. The van der Waals surface area contributed by atoms with E-state index in [2.05, 4.69) is 82.3 Å². The van der Waals surface area contributed by atoms with Crippen molar-refractivity contribution in [3.63, 3.8) is 0 Å². The molecule has 19 heavy (non-hydrogen) atoms. The predicted octanol–water partition coefficient (Wildman–Crippen LogP) is 3.70. The van der Waals surface area contributed by atoms with Crippen molar-refractivity contribution in [1.29, 1.82) is 0 Å². The average Bonchev–Trinajstić information content (AvgIpc) is 2.43. The second-order valence-electron chi connectivity index (χ2n) is 5.80. The minimum atomic E-state index is 0.386. The van der Waals surface area contributed by atoms with Gasteiger partial charge in [0.15, 0.2) is 0 Å². The quantitative estimate of drug-likeness (QED) is 0.806. The highest BCUT2D eigenvalue weighted by atomic mass is 15.2. The van der Waals surface area contributed by atoms with Crippen LogP contribution in [0.3, 0.4) is 0 Å². The lowest BCUT2D eigenvalue weighted by atomic mass is 9.93. The topological polar surface area (TPSA) is 15.3 Å². The van der Waals surface area contributed by atoms with E-state index in [1.165, 1.54) is 5.56 Å². The molecule has 0 radical (unpaired) electrons. The zero-order valence-corrected chi connectivity index (χ0v) is 13.4. The summed E-state index contributed by atoms with van der Waals surface area (Å²) in [5.41, 5.74) is 1.37. The molecule has 0 bridgehead atoms. The van der Waals surface area contributed by atoms with Crippen LogP contribution in [0.25, 0.3) is 0 Å². The average molecular weight is 262 g/mol. The molecule has 0 aromatic heterocycles. The van der Waals surface area contributed by atoms with E-state index >= 15 is 0 Å². The number of benzene rings is 1. The summed E-state index contributed by atoms with van der Waals surface area (Å²) in [6.07, 6.45) is 1.15. The van der Waals surface area contributed by atoms with Crippen LogP contribution in [0.4, 0.5) is 0 Å². The zero-order chi connectivity index (χ0) is 14.4. The van der Waals surface area contributed by atoms with E-state index in [-0.39, 0.29) is 0 Å². The largest absolute Gasteiger partial charge is 0.312 e. The monoisotopic (exact) mass is 262 g/mol. The van der Waals surface area contributed by atoms with Crippen LogP contribution in [-0.4, -0.2) is 31.1 Å². The molecular formula is C17H30N2. The highest BCUT2D eigenvalue weighted by Crippen LogP contribution is 2.25. The fourth-order valence-electron chi connectivity index (χ4n) is 2.77. The minimum absolute atomic E-state index is 0.386. The van der Waals surface area contributed by atoms with E-state index in [1.54, 1.807) is 0 Å². The molecule has 1 aromatic carbocycles. The molecule has 2 nitrogen and oxygen atoms in total. The molecule has 0 fully saturated rings. The SMILES string of the molecule is CCC(C(NC)c1ccccc1)N(C)C(C)C(C)C. The Hall–Kier alpha value is -0.860. The molecule has 0 spiro atoms. The van der Waals surface area contributed by atoms with Crippen LogP contribution in [0.15, 0.2) is 30.3 Å². The van der Waals surface area contributed by atoms with E-state index in [9.17, 15) is 0 Å². The van der Waals surface area contributed by atoms with Gasteiger partial charge < -0.3 is 5.32 Å². The van der Waals surface area contributed by atoms with Crippen LogP contribution in [0, 0.1) is 5.92 Å². The maximum Gasteiger partial charge on any atom is 0.0475 e. The third kappa shape index (κ3) is 4.05.